The van der Waals surface area contributed by atoms with E-state index < -0.39 is 0 Å². The maximum Gasteiger partial charge on any atom is 0.106 e. The van der Waals surface area contributed by atoms with Gasteiger partial charge < -0.3 is 4.84 Å². The predicted molar refractivity (Wildman–Crippen MR) is 104 cm³/mol. The Kier molecular flexibility index (Phi) is 14.3. The van der Waals surface area contributed by atoms with Crippen LogP contribution in [0, 0.1) is 17.8 Å². The summed E-state index contributed by atoms with van der Waals surface area (Å²) in [5.41, 5.74) is 1.39. The summed E-state index contributed by atoms with van der Waals surface area (Å²) in [7, 11) is 1.58. The van der Waals surface area contributed by atoms with Gasteiger partial charge in [-0.15, -0.1) is 0 Å². The first-order valence-electron chi connectivity index (χ1n) is 9.68. The van der Waals surface area contributed by atoms with Crippen LogP contribution < -0.4 is 0 Å². The Bertz CT molecular complexity index is 320. The molecule has 0 amide bonds. The molecule has 2 heteroatoms. The molecule has 2 nitrogen and oxygen atoms in total. The highest BCUT2D eigenvalue weighted by atomic mass is 16.6. The highest BCUT2D eigenvalue weighted by Gasteiger charge is 2.06. The number of nitrogens with zero attached hydrogens (tertiary/aromatic N) is 1. The van der Waals surface area contributed by atoms with Gasteiger partial charge in [-0.25, -0.2) is 0 Å². The zero-order valence-corrected chi connectivity index (χ0v) is 16.6. The summed E-state index contributed by atoms with van der Waals surface area (Å²) < 4.78 is 0. The molecule has 0 bridgehead atoms. The summed E-state index contributed by atoms with van der Waals surface area (Å²) in [5, 5.41) is 3.74. The molecule has 2 atom stereocenters. The summed E-state index contributed by atoms with van der Waals surface area (Å²) in [6.07, 6.45) is 16.0. The van der Waals surface area contributed by atoms with Crippen molar-refractivity contribution in [3.63, 3.8) is 0 Å². The van der Waals surface area contributed by atoms with Crippen LogP contribution in [0.5, 0.6) is 0 Å². The van der Waals surface area contributed by atoms with E-state index >= 15 is 0 Å². The molecule has 2 unspecified atom stereocenters. The second kappa shape index (κ2) is 14.8. The number of oxime groups is 1. The molecule has 0 N–H and O–H groups in total. The first-order valence-corrected chi connectivity index (χ1v) is 9.68. The van der Waals surface area contributed by atoms with Crippen LogP contribution in [0.4, 0.5) is 0 Å². The SMILES string of the molecule is CON=C/C=C(\C)CCCC(C)CCCC(C)CCCC(C)C. The quantitative estimate of drug-likeness (QED) is 0.249. The number of rotatable bonds is 14. The van der Waals surface area contributed by atoms with Crippen molar-refractivity contribution in [2.24, 2.45) is 22.9 Å². The van der Waals surface area contributed by atoms with Crippen molar-refractivity contribution >= 4 is 6.21 Å². The van der Waals surface area contributed by atoms with E-state index in [0.717, 1.165) is 17.8 Å². The summed E-state index contributed by atoms with van der Waals surface area (Å²) >= 11 is 0. The van der Waals surface area contributed by atoms with E-state index in [2.05, 4.69) is 44.6 Å². The van der Waals surface area contributed by atoms with Gasteiger partial charge in [0.2, 0.25) is 0 Å². The number of hydrogen-bond acceptors (Lipinski definition) is 2. The third-order valence-electron chi connectivity index (χ3n) is 4.67. The Labute approximate surface area is 145 Å². The molecule has 0 aromatic carbocycles. The van der Waals surface area contributed by atoms with Gasteiger partial charge in [-0.3, -0.25) is 0 Å². The summed E-state index contributed by atoms with van der Waals surface area (Å²) in [4.78, 5) is 4.66. The van der Waals surface area contributed by atoms with E-state index in [4.69, 9.17) is 0 Å². The lowest BCUT2D eigenvalue weighted by atomic mass is 9.91. The van der Waals surface area contributed by atoms with Gasteiger partial charge >= 0.3 is 0 Å². The van der Waals surface area contributed by atoms with Crippen molar-refractivity contribution in [2.75, 3.05) is 7.11 Å². The Morgan fingerprint density at radius 2 is 1.39 bits per heavy atom. The van der Waals surface area contributed by atoms with Gasteiger partial charge in [0.15, 0.2) is 0 Å². The minimum absolute atomic E-state index is 0.860. The average Bonchev–Trinajstić information content (AvgIpc) is 2.47. The maximum atomic E-state index is 4.66. The van der Waals surface area contributed by atoms with E-state index in [1.54, 1.807) is 13.3 Å². The number of hydrogen-bond donors (Lipinski definition) is 0. The maximum absolute atomic E-state index is 4.66. The molecule has 23 heavy (non-hydrogen) atoms. The highest BCUT2D eigenvalue weighted by Crippen LogP contribution is 2.21. The molecule has 136 valence electrons. The fourth-order valence-corrected chi connectivity index (χ4v) is 3.01. The first-order chi connectivity index (χ1) is 11.0. The highest BCUT2D eigenvalue weighted by molar-refractivity contribution is 5.71. The lowest BCUT2D eigenvalue weighted by molar-refractivity contribution is 0.215. The Balaban J connectivity index is 3.61. The van der Waals surface area contributed by atoms with Gasteiger partial charge in [0, 0.05) is 0 Å². The Hall–Kier alpha value is -0.790. The van der Waals surface area contributed by atoms with Crippen LogP contribution >= 0.6 is 0 Å². The van der Waals surface area contributed by atoms with Gasteiger partial charge in [0.1, 0.15) is 7.11 Å². The van der Waals surface area contributed by atoms with Crippen molar-refractivity contribution in [1.82, 2.24) is 0 Å². The molecule has 0 saturated carbocycles. The van der Waals surface area contributed by atoms with Crippen LogP contribution in [0.25, 0.3) is 0 Å². The van der Waals surface area contributed by atoms with Crippen LogP contribution in [-0.2, 0) is 4.84 Å². The van der Waals surface area contributed by atoms with E-state index in [1.165, 1.54) is 63.4 Å². The smallest absolute Gasteiger partial charge is 0.106 e. The molecule has 0 aromatic heterocycles. The van der Waals surface area contributed by atoms with Crippen LogP contribution in [0.1, 0.15) is 92.4 Å². The molecule has 0 spiro atoms. The minimum atomic E-state index is 0.860. The average molecular weight is 324 g/mol. The van der Waals surface area contributed by atoms with Gasteiger partial charge in [-0.2, -0.15) is 0 Å². The molecule has 0 aromatic rings. The van der Waals surface area contributed by atoms with Gasteiger partial charge in [0.05, 0.1) is 6.21 Å². The van der Waals surface area contributed by atoms with Crippen molar-refractivity contribution in [1.29, 1.82) is 0 Å². The third-order valence-corrected chi connectivity index (χ3v) is 4.67. The van der Waals surface area contributed by atoms with E-state index in [-0.39, 0.29) is 0 Å². The molecule has 0 heterocycles. The lowest BCUT2D eigenvalue weighted by Crippen LogP contribution is -2.00. The van der Waals surface area contributed by atoms with E-state index in [0.29, 0.717) is 0 Å². The largest absolute Gasteiger partial charge is 0.399 e. The monoisotopic (exact) mass is 323 g/mol. The fourth-order valence-electron chi connectivity index (χ4n) is 3.01. The molecular weight excluding hydrogens is 282 g/mol. The normalized spacial score (nSPS) is 15.3. The molecule has 0 aliphatic carbocycles. The van der Waals surface area contributed by atoms with Crippen LogP contribution in [0.2, 0.25) is 0 Å². The molecule has 0 fully saturated rings. The van der Waals surface area contributed by atoms with Crippen LogP contribution in [-0.4, -0.2) is 13.3 Å². The topological polar surface area (TPSA) is 21.6 Å². The van der Waals surface area contributed by atoms with Crippen LogP contribution in [0.15, 0.2) is 16.8 Å². The Morgan fingerprint density at radius 3 is 1.91 bits per heavy atom. The number of allylic oxidation sites excluding steroid dienone is 2. The first kappa shape index (κ1) is 22.2. The van der Waals surface area contributed by atoms with Crippen molar-refractivity contribution in [3.8, 4) is 0 Å². The van der Waals surface area contributed by atoms with Crippen molar-refractivity contribution in [3.05, 3.63) is 11.6 Å². The summed E-state index contributed by atoms with van der Waals surface area (Å²) in [6.45, 7) is 11.7. The van der Waals surface area contributed by atoms with Gasteiger partial charge in [-0.1, -0.05) is 83.4 Å². The lowest BCUT2D eigenvalue weighted by Gasteiger charge is -2.15. The fraction of sp³-hybridized carbons (Fsp3) is 0.857. The molecule has 0 aliphatic rings. The Morgan fingerprint density at radius 1 is 0.870 bits per heavy atom. The summed E-state index contributed by atoms with van der Waals surface area (Å²) in [5.74, 6) is 2.63. The third kappa shape index (κ3) is 15.9. The molecule has 0 saturated heterocycles. The predicted octanol–water partition coefficient (Wildman–Crippen LogP) is 7.00. The zero-order chi connectivity index (χ0) is 17.5. The molecule has 0 rings (SSSR count). The van der Waals surface area contributed by atoms with Crippen LogP contribution in [0.3, 0.4) is 0 Å². The second-order valence-electron chi connectivity index (χ2n) is 7.81. The molecule has 0 aliphatic heterocycles. The van der Waals surface area contributed by atoms with E-state index in [1.807, 2.05) is 6.08 Å². The second-order valence-corrected chi connectivity index (χ2v) is 7.81. The molecule has 0 radical (unpaired) electrons. The zero-order valence-electron chi connectivity index (χ0n) is 16.6. The van der Waals surface area contributed by atoms with Crippen molar-refractivity contribution in [2.45, 2.75) is 92.4 Å². The summed E-state index contributed by atoms with van der Waals surface area (Å²) in [6, 6.07) is 0. The van der Waals surface area contributed by atoms with Gasteiger partial charge in [-0.05, 0) is 43.6 Å². The minimum Gasteiger partial charge on any atom is -0.399 e. The molecular formula is C21H41NO. The van der Waals surface area contributed by atoms with E-state index in [9.17, 15) is 0 Å². The van der Waals surface area contributed by atoms with Crippen molar-refractivity contribution < 1.29 is 4.84 Å². The van der Waals surface area contributed by atoms with Gasteiger partial charge in [0.25, 0.3) is 0 Å². The standard InChI is InChI=1S/C21H41NO/c1-18(2)10-7-11-19(3)12-8-13-20(4)14-9-15-21(5)16-17-22-23-6/h16-20H,7-15H2,1-6H3/b21-16+,22-17?.